The van der Waals surface area contributed by atoms with Crippen molar-refractivity contribution in [2.45, 2.75) is 39.2 Å². The highest BCUT2D eigenvalue weighted by Crippen LogP contribution is 2.17. The van der Waals surface area contributed by atoms with E-state index >= 15 is 0 Å². The quantitative estimate of drug-likeness (QED) is 0.863. The number of benzene rings is 1. The van der Waals surface area contributed by atoms with E-state index in [-0.39, 0.29) is 18.3 Å². The summed E-state index contributed by atoms with van der Waals surface area (Å²) in [5.74, 6) is 1.60. The fourth-order valence-electron chi connectivity index (χ4n) is 2.69. The van der Waals surface area contributed by atoms with E-state index in [4.69, 9.17) is 4.74 Å². The average Bonchev–Trinajstić information content (AvgIpc) is 2.54. The van der Waals surface area contributed by atoms with Crippen molar-refractivity contribution in [3.63, 3.8) is 0 Å². The van der Waals surface area contributed by atoms with Gasteiger partial charge in [0.05, 0.1) is 6.61 Å². The summed E-state index contributed by atoms with van der Waals surface area (Å²) in [6, 6.07) is 7.95. The minimum Gasteiger partial charge on any atom is -0.494 e. The van der Waals surface area contributed by atoms with Crippen molar-refractivity contribution in [3.05, 3.63) is 29.8 Å². The maximum Gasteiger partial charge on any atom is 0.253 e. The molecule has 1 aromatic carbocycles. The van der Waals surface area contributed by atoms with Crippen LogP contribution in [0, 0.1) is 5.92 Å². The third-order valence-corrected chi connectivity index (χ3v) is 4.18. The zero-order valence-electron chi connectivity index (χ0n) is 14.4. The van der Waals surface area contributed by atoms with Crippen molar-refractivity contribution in [3.8, 4) is 5.75 Å². The van der Waals surface area contributed by atoms with E-state index < -0.39 is 0 Å². The first kappa shape index (κ1) is 19.8. The van der Waals surface area contributed by atoms with Gasteiger partial charge in [0, 0.05) is 24.7 Å². The summed E-state index contributed by atoms with van der Waals surface area (Å²) >= 11 is 0. The third-order valence-electron chi connectivity index (χ3n) is 4.18. The second-order valence-electron chi connectivity index (χ2n) is 6.43. The Hall–Kier alpha value is -1.26. The summed E-state index contributed by atoms with van der Waals surface area (Å²) < 4.78 is 5.70. The van der Waals surface area contributed by atoms with Crippen molar-refractivity contribution >= 4 is 18.3 Å². The van der Waals surface area contributed by atoms with Crippen molar-refractivity contribution in [1.29, 1.82) is 0 Å². The molecule has 1 fully saturated rings. The normalized spacial score (nSPS) is 17.7. The molecule has 1 N–H and O–H groups in total. The van der Waals surface area contributed by atoms with Gasteiger partial charge >= 0.3 is 0 Å². The van der Waals surface area contributed by atoms with Crippen LogP contribution in [-0.4, -0.2) is 43.6 Å². The summed E-state index contributed by atoms with van der Waals surface area (Å²) in [4.78, 5) is 14.5. The van der Waals surface area contributed by atoms with Crippen LogP contribution in [0.4, 0.5) is 0 Å². The standard InChI is InChI=1S/C18H28N2O2.ClH/c1-14(2)10-12-22-17-8-6-15(7-9-17)18(21)20-11-4-5-16(13-20)19-3;/h6-9,14,16,19H,4-5,10-13H2,1-3H3;1H. The van der Waals surface area contributed by atoms with Gasteiger partial charge in [-0.3, -0.25) is 4.79 Å². The Balaban J connectivity index is 0.00000264. The molecule has 2 rings (SSSR count). The largest absolute Gasteiger partial charge is 0.494 e. The number of likely N-dealkylation sites (tertiary alicyclic amines) is 1. The molecule has 1 aliphatic rings. The first-order valence-electron chi connectivity index (χ1n) is 8.29. The molecular weight excluding hydrogens is 312 g/mol. The number of likely N-dealkylation sites (N-methyl/N-ethyl adjacent to an activating group) is 1. The van der Waals surface area contributed by atoms with Gasteiger partial charge < -0.3 is 15.0 Å². The topological polar surface area (TPSA) is 41.6 Å². The number of carbonyl (C=O) groups excluding carboxylic acids is 1. The molecule has 1 atom stereocenters. The van der Waals surface area contributed by atoms with E-state index in [2.05, 4.69) is 19.2 Å². The molecule has 4 nitrogen and oxygen atoms in total. The Bertz CT molecular complexity index is 476. The second-order valence-corrected chi connectivity index (χ2v) is 6.43. The third kappa shape index (κ3) is 6.04. The lowest BCUT2D eigenvalue weighted by Gasteiger charge is -2.32. The van der Waals surface area contributed by atoms with Crippen molar-refractivity contribution < 1.29 is 9.53 Å². The van der Waals surface area contributed by atoms with Crippen molar-refractivity contribution in [2.24, 2.45) is 5.92 Å². The molecule has 0 bridgehead atoms. The molecule has 0 radical (unpaired) electrons. The van der Waals surface area contributed by atoms with E-state index in [0.717, 1.165) is 50.3 Å². The van der Waals surface area contributed by atoms with Crippen LogP contribution in [0.1, 0.15) is 43.5 Å². The molecular formula is C18H29ClN2O2. The van der Waals surface area contributed by atoms with E-state index in [1.165, 1.54) is 0 Å². The van der Waals surface area contributed by atoms with Gasteiger partial charge in [-0.2, -0.15) is 0 Å². The molecule has 23 heavy (non-hydrogen) atoms. The van der Waals surface area contributed by atoms with Crippen molar-refractivity contribution in [2.75, 3.05) is 26.7 Å². The van der Waals surface area contributed by atoms with Gasteiger partial charge in [-0.15, -0.1) is 12.4 Å². The zero-order chi connectivity index (χ0) is 15.9. The molecule has 1 aromatic rings. The van der Waals surface area contributed by atoms with E-state index in [1.807, 2.05) is 36.2 Å². The van der Waals surface area contributed by atoms with Gasteiger partial charge in [-0.25, -0.2) is 0 Å². The Morgan fingerprint density at radius 1 is 1.35 bits per heavy atom. The van der Waals surface area contributed by atoms with Crippen LogP contribution < -0.4 is 10.1 Å². The molecule has 1 heterocycles. The number of hydrogen-bond donors (Lipinski definition) is 1. The molecule has 130 valence electrons. The second kappa shape index (κ2) is 9.78. The molecule has 1 amide bonds. The van der Waals surface area contributed by atoms with E-state index in [1.54, 1.807) is 0 Å². The number of rotatable bonds is 6. The number of ether oxygens (including phenoxy) is 1. The van der Waals surface area contributed by atoms with Crippen LogP contribution in [0.25, 0.3) is 0 Å². The highest BCUT2D eigenvalue weighted by Gasteiger charge is 2.23. The lowest BCUT2D eigenvalue weighted by molar-refractivity contribution is 0.0698. The monoisotopic (exact) mass is 340 g/mol. The predicted octanol–water partition coefficient (Wildman–Crippen LogP) is 3.36. The summed E-state index contributed by atoms with van der Waals surface area (Å²) in [7, 11) is 1.96. The highest BCUT2D eigenvalue weighted by molar-refractivity contribution is 5.94. The molecule has 5 heteroatoms. The molecule has 0 spiro atoms. The number of carbonyl (C=O) groups is 1. The van der Waals surface area contributed by atoms with Crippen LogP contribution >= 0.6 is 12.4 Å². The number of hydrogen-bond acceptors (Lipinski definition) is 3. The smallest absolute Gasteiger partial charge is 0.253 e. The Labute approximate surface area is 146 Å². The van der Waals surface area contributed by atoms with Gasteiger partial charge in [0.25, 0.3) is 5.91 Å². The summed E-state index contributed by atoms with van der Waals surface area (Å²) in [6.45, 7) is 6.73. The Morgan fingerprint density at radius 3 is 2.65 bits per heavy atom. The van der Waals surface area contributed by atoms with E-state index in [0.29, 0.717) is 12.0 Å². The van der Waals surface area contributed by atoms with Gasteiger partial charge in [0.15, 0.2) is 0 Å². The minimum atomic E-state index is 0. The maximum atomic E-state index is 12.5. The first-order chi connectivity index (χ1) is 10.6. The van der Waals surface area contributed by atoms with Gasteiger partial charge in [0.1, 0.15) is 5.75 Å². The van der Waals surface area contributed by atoms with Crippen LogP contribution in [0.2, 0.25) is 0 Å². The number of amides is 1. The van der Waals surface area contributed by atoms with Gasteiger partial charge in [0.2, 0.25) is 0 Å². The fourth-order valence-corrected chi connectivity index (χ4v) is 2.69. The summed E-state index contributed by atoms with van der Waals surface area (Å²) in [5, 5.41) is 3.27. The Kier molecular flexibility index (Phi) is 8.42. The number of nitrogens with zero attached hydrogens (tertiary/aromatic N) is 1. The van der Waals surface area contributed by atoms with Crippen molar-refractivity contribution in [1.82, 2.24) is 10.2 Å². The fraction of sp³-hybridized carbons (Fsp3) is 0.611. The number of halogens is 1. The molecule has 1 unspecified atom stereocenters. The number of nitrogens with one attached hydrogen (secondary N) is 1. The molecule has 0 saturated carbocycles. The lowest BCUT2D eigenvalue weighted by atomic mass is 10.0. The van der Waals surface area contributed by atoms with Crippen LogP contribution in [0.15, 0.2) is 24.3 Å². The SMILES string of the molecule is CNC1CCCN(C(=O)c2ccc(OCCC(C)C)cc2)C1.Cl. The highest BCUT2D eigenvalue weighted by atomic mass is 35.5. The maximum absolute atomic E-state index is 12.5. The average molecular weight is 341 g/mol. The van der Waals surface area contributed by atoms with E-state index in [9.17, 15) is 4.79 Å². The van der Waals surface area contributed by atoms with Gasteiger partial charge in [-0.1, -0.05) is 13.8 Å². The molecule has 0 aromatic heterocycles. The summed E-state index contributed by atoms with van der Waals surface area (Å²) in [6.07, 6.45) is 3.25. The Morgan fingerprint density at radius 2 is 2.04 bits per heavy atom. The predicted molar refractivity (Wildman–Crippen MR) is 96.6 cm³/mol. The first-order valence-corrected chi connectivity index (χ1v) is 8.29. The minimum absolute atomic E-state index is 0. The molecule has 0 aliphatic carbocycles. The molecule has 1 aliphatic heterocycles. The van der Waals surface area contributed by atoms with Crippen LogP contribution in [0.5, 0.6) is 5.75 Å². The number of piperidine rings is 1. The van der Waals surface area contributed by atoms with Crippen LogP contribution in [0.3, 0.4) is 0 Å². The lowest BCUT2D eigenvalue weighted by Crippen LogP contribution is -2.46. The summed E-state index contributed by atoms with van der Waals surface area (Å²) in [5.41, 5.74) is 0.743. The van der Waals surface area contributed by atoms with Gasteiger partial charge in [-0.05, 0) is 56.5 Å². The molecule has 1 saturated heterocycles. The zero-order valence-corrected chi connectivity index (χ0v) is 15.2. The van der Waals surface area contributed by atoms with Crippen LogP contribution in [-0.2, 0) is 0 Å².